The molecule has 4 nitrogen and oxygen atoms in total. The summed E-state index contributed by atoms with van der Waals surface area (Å²) in [4.78, 5) is 4.58. The van der Waals surface area contributed by atoms with Gasteiger partial charge in [0.15, 0.2) is 5.96 Å². The van der Waals surface area contributed by atoms with Crippen LogP contribution in [0.1, 0.15) is 45.1 Å². The third kappa shape index (κ3) is 4.30. The Kier molecular flexibility index (Phi) is 4.88. The first-order chi connectivity index (χ1) is 9.22. The van der Waals surface area contributed by atoms with Crippen LogP contribution in [0.4, 0.5) is 0 Å². The topological polar surface area (TPSA) is 49.6 Å². The molecule has 1 aliphatic rings. The average molecular weight is 263 g/mol. The van der Waals surface area contributed by atoms with Gasteiger partial charge in [-0.2, -0.15) is 0 Å². The van der Waals surface area contributed by atoms with E-state index in [9.17, 15) is 0 Å². The van der Waals surface area contributed by atoms with Gasteiger partial charge in [-0.05, 0) is 31.2 Å². The highest BCUT2D eigenvalue weighted by atomic mass is 16.3. The molecule has 0 aromatic carbocycles. The monoisotopic (exact) mass is 263 g/mol. The normalized spacial score (nSPS) is 18.5. The van der Waals surface area contributed by atoms with E-state index in [2.05, 4.69) is 29.5 Å². The number of nitrogens with one attached hydrogen (secondary N) is 2. The Morgan fingerprint density at radius 3 is 2.79 bits per heavy atom. The highest BCUT2D eigenvalue weighted by Gasteiger charge is 2.28. The molecule has 0 aliphatic heterocycles. The van der Waals surface area contributed by atoms with E-state index in [0.717, 1.165) is 24.6 Å². The van der Waals surface area contributed by atoms with E-state index >= 15 is 0 Å². The lowest BCUT2D eigenvalue weighted by molar-refractivity contribution is 0.334. The first-order valence-electron chi connectivity index (χ1n) is 7.25. The van der Waals surface area contributed by atoms with Crippen LogP contribution in [-0.4, -0.2) is 19.0 Å². The van der Waals surface area contributed by atoms with Gasteiger partial charge in [0.1, 0.15) is 0 Å². The Morgan fingerprint density at radius 1 is 1.37 bits per heavy atom. The minimum atomic E-state index is 0.436. The quantitative estimate of drug-likeness (QED) is 0.634. The van der Waals surface area contributed by atoms with Crippen molar-refractivity contribution in [2.45, 2.75) is 46.1 Å². The molecule has 0 radical (unpaired) electrons. The molecule has 1 aromatic rings. The lowest BCUT2D eigenvalue weighted by Gasteiger charge is -2.25. The van der Waals surface area contributed by atoms with Gasteiger partial charge in [-0.1, -0.05) is 19.8 Å². The lowest BCUT2D eigenvalue weighted by atomic mass is 9.89. The van der Waals surface area contributed by atoms with Crippen molar-refractivity contribution >= 4 is 5.96 Å². The minimum absolute atomic E-state index is 0.436. The third-order valence-electron chi connectivity index (χ3n) is 3.84. The maximum Gasteiger partial charge on any atom is 0.191 e. The molecule has 1 saturated carbocycles. The van der Waals surface area contributed by atoms with E-state index in [1.54, 1.807) is 12.5 Å². The molecule has 19 heavy (non-hydrogen) atoms. The predicted molar refractivity (Wildman–Crippen MR) is 78.1 cm³/mol. The maximum absolute atomic E-state index is 5.05. The summed E-state index contributed by atoms with van der Waals surface area (Å²) in [6.07, 6.45) is 8.79. The SMILES string of the molecule is CCNC(=NCc1ccoc1)NCC1(C)CCCC1. The number of guanidine groups is 1. The van der Waals surface area contributed by atoms with Crippen LogP contribution >= 0.6 is 0 Å². The molecule has 0 bridgehead atoms. The van der Waals surface area contributed by atoms with Crippen molar-refractivity contribution in [2.24, 2.45) is 10.4 Å². The van der Waals surface area contributed by atoms with Crippen molar-refractivity contribution in [3.8, 4) is 0 Å². The largest absolute Gasteiger partial charge is 0.472 e. The summed E-state index contributed by atoms with van der Waals surface area (Å²) in [6.45, 7) is 7.00. The summed E-state index contributed by atoms with van der Waals surface area (Å²) in [5, 5.41) is 6.77. The fraction of sp³-hybridized carbons (Fsp3) is 0.667. The Bertz CT molecular complexity index is 392. The summed E-state index contributed by atoms with van der Waals surface area (Å²) < 4.78 is 5.05. The van der Waals surface area contributed by atoms with Gasteiger partial charge in [-0.25, -0.2) is 4.99 Å². The molecule has 1 heterocycles. The molecule has 1 aliphatic carbocycles. The van der Waals surface area contributed by atoms with Crippen LogP contribution in [0.2, 0.25) is 0 Å². The molecule has 106 valence electrons. The number of rotatable bonds is 5. The highest BCUT2D eigenvalue weighted by Crippen LogP contribution is 2.36. The molecule has 0 spiro atoms. The van der Waals surface area contributed by atoms with Crippen molar-refractivity contribution in [3.05, 3.63) is 24.2 Å². The number of hydrogen-bond donors (Lipinski definition) is 2. The van der Waals surface area contributed by atoms with E-state index < -0.39 is 0 Å². The first kappa shape index (κ1) is 14.0. The van der Waals surface area contributed by atoms with Gasteiger partial charge in [-0.15, -0.1) is 0 Å². The summed E-state index contributed by atoms with van der Waals surface area (Å²) in [5.41, 5.74) is 1.54. The van der Waals surface area contributed by atoms with Crippen molar-refractivity contribution in [3.63, 3.8) is 0 Å². The van der Waals surface area contributed by atoms with Crippen LogP contribution in [0.3, 0.4) is 0 Å². The summed E-state index contributed by atoms with van der Waals surface area (Å²) in [6, 6.07) is 1.95. The third-order valence-corrected chi connectivity index (χ3v) is 3.84. The van der Waals surface area contributed by atoms with Crippen LogP contribution in [0.25, 0.3) is 0 Å². The summed E-state index contributed by atoms with van der Waals surface area (Å²) >= 11 is 0. The smallest absolute Gasteiger partial charge is 0.191 e. The highest BCUT2D eigenvalue weighted by molar-refractivity contribution is 5.79. The maximum atomic E-state index is 5.05. The first-order valence-corrected chi connectivity index (χ1v) is 7.25. The second-order valence-corrected chi connectivity index (χ2v) is 5.70. The van der Waals surface area contributed by atoms with Gasteiger partial charge < -0.3 is 15.1 Å². The lowest BCUT2D eigenvalue weighted by Crippen LogP contribution is -2.42. The van der Waals surface area contributed by atoms with Gasteiger partial charge in [0.05, 0.1) is 19.1 Å². The summed E-state index contributed by atoms with van der Waals surface area (Å²) in [7, 11) is 0. The Balaban J connectivity index is 1.86. The average Bonchev–Trinajstić information content (AvgIpc) is 3.05. The Hall–Kier alpha value is -1.45. The van der Waals surface area contributed by atoms with Crippen LogP contribution < -0.4 is 10.6 Å². The summed E-state index contributed by atoms with van der Waals surface area (Å²) in [5.74, 6) is 0.900. The number of nitrogens with zero attached hydrogens (tertiary/aromatic N) is 1. The van der Waals surface area contributed by atoms with Crippen molar-refractivity contribution in [2.75, 3.05) is 13.1 Å². The van der Waals surface area contributed by atoms with Gasteiger partial charge in [0, 0.05) is 18.7 Å². The van der Waals surface area contributed by atoms with Gasteiger partial charge >= 0.3 is 0 Å². The fourth-order valence-corrected chi connectivity index (χ4v) is 2.60. The van der Waals surface area contributed by atoms with Gasteiger partial charge in [0.2, 0.25) is 0 Å². The second kappa shape index (κ2) is 6.64. The number of aliphatic imine (C=N–C) groups is 1. The van der Waals surface area contributed by atoms with Crippen LogP contribution in [0, 0.1) is 5.41 Å². The van der Waals surface area contributed by atoms with Crippen LogP contribution in [0.5, 0.6) is 0 Å². The van der Waals surface area contributed by atoms with Gasteiger partial charge in [-0.3, -0.25) is 0 Å². The number of furan rings is 1. The van der Waals surface area contributed by atoms with Gasteiger partial charge in [0.25, 0.3) is 0 Å². The Labute approximate surface area is 115 Å². The zero-order valence-electron chi connectivity index (χ0n) is 12.0. The van der Waals surface area contributed by atoms with Crippen molar-refractivity contribution < 1.29 is 4.42 Å². The molecule has 0 atom stereocenters. The molecule has 4 heteroatoms. The standard InChI is InChI=1S/C15H25N3O/c1-3-16-14(17-10-13-6-9-19-11-13)18-12-15(2)7-4-5-8-15/h6,9,11H,3-5,7-8,10,12H2,1-2H3,(H2,16,17,18). The molecule has 2 rings (SSSR count). The van der Waals surface area contributed by atoms with E-state index in [4.69, 9.17) is 4.42 Å². The Morgan fingerprint density at radius 2 is 2.16 bits per heavy atom. The van der Waals surface area contributed by atoms with E-state index in [-0.39, 0.29) is 0 Å². The molecule has 2 N–H and O–H groups in total. The van der Waals surface area contributed by atoms with E-state index in [0.29, 0.717) is 12.0 Å². The predicted octanol–water partition coefficient (Wildman–Crippen LogP) is 2.92. The second-order valence-electron chi connectivity index (χ2n) is 5.70. The van der Waals surface area contributed by atoms with E-state index in [1.165, 1.54) is 25.7 Å². The van der Waals surface area contributed by atoms with Crippen LogP contribution in [0.15, 0.2) is 28.0 Å². The molecule has 0 amide bonds. The van der Waals surface area contributed by atoms with Crippen molar-refractivity contribution in [1.82, 2.24) is 10.6 Å². The van der Waals surface area contributed by atoms with Crippen LogP contribution in [-0.2, 0) is 6.54 Å². The fourth-order valence-electron chi connectivity index (χ4n) is 2.60. The zero-order valence-corrected chi connectivity index (χ0v) is 12.0. The zero-order chi connectivity index (χ0) is 13.6. The molecule has 1 fully saturated rings. The van der Waals surface area contributed by atoms with Crippen molar-refractivity contribution in [1.29, 1.82) is 0 Å². The molecular weight excluding hydrogens is 238 g/mol. The number of hydrogen-bond acceptors (Lipinski definition) is 2. The molecule has 1 aromatic heterocycles. The molecule has 0 unspecified atom stereocenters. The van der Waals surface area contributed by atoms with E-state index in [1.807, 2.05) is 6.07 Å². The molecular formula is C15H25N3O. The minimum Gasteiger partial charge on any atom is -0.472 e. The molecule has 0 saturated heterocycles.